The maximum absolute atomic E-state index is 14.2. The van der Waals surface area contributed by atoms with Gasteiger partial charge in [-0.25, -0.2) is 9.59 Å². The van der Waals surface area contributed by atoms with E-state index in [0.29, 0.717) is 79.1 Å². The second kappa shape index (κ2) is 12.2. The van der Waals surface area contributed by atoms with Crippen LogP contribution in [0.2, 0.25) is 0 Å². The summed E-state index contributed by atoms with van der Waals surface area (Å²) < 4.78 is 6.57. The molecule has 5 amide bonds. The van der Waals surface area contributed by atoms with Crippen LogP contribution in [0.3, 0.4) is 0 Å². The van der Waals surface area contributed by atoms with Crippen LogP contribution in [0, 0.1) is 0 Å². The first-order valence-corrected chi connectivity index (χ1v) is 16.4. The minimum absolute atomic E-state index is 0.0986. The molecule has 0 radical (unpaired) electrons. The number of fused-ring (bicyclic) bond motifs is 2. The summed E-state index contributed by atoms with van der Waals surface area (Å²) in [7, 11) is 0. The molecule has 46 heavy (non-hydrogen) atoms. The SMILES string of the molecule is O=C(O)C1CCCCN1C(=O)N1CCc2cccc(OC3CCN(C(=O)c4cncs4)C3)c2[C@H]1CN1C(=O)c2ccccc2C1=O. The Balaban J connectivity index is 1.22. The zero-order valence-electron chi connectivity index (χ0n) is 25.0. The van der Waals surface area contributed by atoms with E-state index in [9.17, 15) is 29.1 Å². The lowest BCUT2D eigenvalue weighted by Gasteiger charge is -2.44. The fraction of sp³-hybridized carbons (Fsp3) is 0.394. The third kappa shape index (κ3) is 5.27. The summed E-state index contributed by atoms with van der Waals surface area (Å²) >= 11 is 1.29. The fourth-order valence-corrected chi connectivity index (χ4v) is 7.67. The van der Waals surface area contributed by atoms with E-state index in [1.165, 1.54) is 21.1 Å². The third-order valence-electron chi connectivity index (χ3n) is 9.37. The smallest absolute Gasteiger partial charge is 0.326 e. The molecule has 0 saturated carbocycles. The number of hydrogen-bond acceptors (Lipinski definition) is 8. The lowest BCUT2D eigenvalue weighted by Crippen LogP contribution is -2.56. The second-order valence-corrected chi connectivity index (χ2v) is 12.9. The van der Waals surface area contributed by atoms with Crippen molar-refractivity contribution in [3.63, 3.8) is 0 Å². The van der Waals surface area contributed by atoms with Crippen LogP contribution in [-0.4, -0.2) is 104 Å². The van der Waals surface area contributed by atoms with Crippen molar-refractivity contribution in [1.29, 1.82) is 0 Å². The minimum Gasteiger partial charge on any atom is -0.488 e. The molecule has 2 saturated heterocycles. The van der Waals surface area contributed by atoms with E-state index in [2.05, 4.69) is 4.98 Å². The number of aromatic nitrogens is 1. The molecule has 0 spiro atoms. The highest BCUT2D eigenvalue weighted by Gasteiger charge is 2.44. The highest BCUT2D eigenvalue weighted by atomic mass is 32.1. The van der Waals surface area contributed by atoms with E-state index in [-0.39, 0.29) is 25.1 Å². The predicted molar refractivity (Wildman–Crippen MR) is 166 cm³/mol. The number of piperidine rings is 1. The van der Waals surface area contributed by atoms with E-state index in [4.69, 9.17) is 4.74 Å². The number of thiazole rings is 1. The van der Waals surface area contributed by atoms with Crippen molar-refractivity contribution >= 4 is 41.1 Å². The molecule has 2 unspecified atom stereocenters. The lowest BCUT2D eigenvalue weighted by atomic mass is 9.91. The summed E-state index contributed by atoms with van der Waals surface area (Å²) in [6.07, 6.45) is 4.10. The van der Waals surface area contributed by atoms with Gasteiger partial charge in [-0.2, -0.15) is 0 Å². The molecule has 3 atom stereocenters. The average molecular weight is 644 g/mol. The number of carboxylic acids is 1. The van der Waals surface area contributed by atoms with Crippen molar-refractivity contribution in [3.05, 3.63) is 81.3 Å². The Bertz CT molecular complexity index is 1680. The Morgan fingerprint density at radius 2 is 1.72 bits per heavy atom. The summed E-state index contributed by atoms with van der Waals surface area (Å²) in [4.78, 5) is 76.9. The first-order chi connectivity index (χ1) is 22.3. The summed E-state index contributed by atoms with van der Waals surface area (Å²) in [6, 6.07) is 10.1. The van der Waals surface area contributed by atoms with Crippen LogP contribution in [0.4, 0.5) is 4.79 Å². The standard InChI is InChI=1S/C33H33N5O7S/c39-29-22-7-1-2-8-23(22)30(40)38(29)18-25-28-20(11-15-37(25)33(44)36-13-4-3-9-24(36)32(42)43)6-5-10-26(28)45-21-12-14-35(17-21)31(41)27-16-34-19-46-27/h1-2,5-8,10,16,19,21,24-25H,3-4,9,11-15,17-18H2,(H,42,43)/t21?,24?,25-/m1/s1. The van der Waals surface area contributed by atoms with Gasteiger partial charge in [0.15, 0.2) is 0 Å². The molecule has 0 aliphatic carbocycles. The van der Waals surface area contributed by atoms with Gasteiger partial charge in [-0.3, -0.25) is 24.3 Å². The van der Waals surface area contributed by atoms with Crippen LogP contribution < -0.4 is 4.74 Å². The largest absolute Gasteiger partial charge is 0.488 e. The normalized spacial score (nSPS) is 22.6. The van der Waals surface area contributed by atoms with Gasteiger partial charge in [-0.05, 0) is 49.4 Å². The summed E-state index contributed by atoms with van der Waals surface area (Å²) in [5.41, 5.74) is 3.86. The molecule has 1 N–H and O–H groups in total. The number of hydrogen-bond donors (Lipinski definition) is 1. The molecule has 5 heterocycles. The summed E-state index contributed by atoms with van der Waals surface area (Å²) in [5.74, 6) is -1.51. The quantitative estimate of drug-likeness (QED) is 0.401. The number of ether oxygens (including phenoxy) is 1. The number of benzene rings is 2. The van der Waals surface area contributed by atoms with Crippen LogP contribution in [0.1, 0.15) is 73.2 Å². The zero-order valence-corrected chi connectivity index (χ0v) is 25.9. The Morgan fingerprint density at radius 1 is 0.935 bits per heavy atom. The highest BCUT2D eigenvalue weighted by Crippen LogP contribution is 2.40. The monoisotopic (exact) mass is 643 g/mol. The number of aliphatic carboxylic acids is 1. The molecule has 13 heteroatoms. The molecule has 12 nitrogen and oxygen atoms in total. The number of imide groups is 1. The Morgan fingerprint density at radius 3 is 2.43 bits per heavy atom. The lowest BCUT2D eigenvalue weighted by molar-refractivity contribution is -0.143. The molecule has 4 aliphatic heterocycles. The number of carbonyl (C=O) groups is 5. The van der Waals surface area contributed by atoms with E-state index in [1.807, 2.05) is 18.2 Å². The first-order valence-electron chi connectivity index (χ1n) is 15.5. The Hall–Kier alpha value is -4.78. The molecular weight excluding hydrogens is 610 g/mol. The Labute approximate surface area is 269 Å². The van der Waals surface area contributed by atoms with E-state index < -0.39 is 35.9 Å². The van der Waals surface area contributed by atoms with Gasteiger partial charge in [0.05, 0.1) is 42.0 Å². The van der Waals surface area contributed by atoms with Gasteiger partial charge in [0.2, 0.25) is 0 Å². The van der Waals surface area contributed by atoms with Crippen LogP contribution in [-0.2, 0) is 11.2 Å². The van der Waals surface area contributed by atoms with Gasteiger partial charge in [0.25, 0.3) is 17.7 Å². The maximum atomic E-state index is 14.2. The molecule has 2 fully saturated rings. The number of amides is 5. The molecule has 238 valence electrons. The number of likely N-dealkylation sites (tertiary alicyclic amines) is 2. The minimum atomic E-state index is -1.05. The van der Waals surface area contributed by atoms with Crippen LogP contribution in [0.25, 0.3) is 0 Å². The van der Waals surface area contributed by atoms with Gasteiger partial charge >= 0.3 is 12.0 Å². The number of carbonyl (C=O) groups excluding carboxylic acids is 4. The third-order valence-corrected chi connectivity index (χ3v) is 10.1. The van der Waals surface area contributed by atoms with Gasteiger partial charge in [0.1, 0.15) is 22.8 Å². The van der Waals surface area contributed by atoms with Crippen LogP contribution >= 0.6 is 11.3 Å². The van der Waals surface area contributed by atoms with Crippen molar-refractivity contribution in [1.82, 2.24) is 24.6 Å². The fourth-order valence-electron chi connectivity index (χ4n) is 7.09. The molecule has 1 aromatic heterocycles. The Kier molecular flexibility index (Phi) is 7.93. The molecule has 3 aromatic rings. The number of carboxylic acid groups (broad SMARTS) is 1. The van der Waals surface area contributed by atoms with Crippen LogP contribution in [0.15, 0.2) is 54.2 Å². The van der Waals surface area contributed by atoms with Crippen molar-refractivity contribution in [3.8, 4) is 5.75 Å². The van der Waals surface area contributed by atoms with Crippen molar-refractivity contribution < 1.29 is 33.8 Å². The van der Waals surface area contributed by atoms with E-state index >= 15 is 0 Å². The second-order valence-electron chi connectivity index (χ2n) is 12.0. The topological polar surface area (TPSA) is 141 Å². The van der Waals surface area contributed by atoms with Crippen LogP contribution in [0.5, 0.6) is 5.75 Å². The average Bonchev–Trinajstić information content (AvgIpc) is 3.83. The summed E-state index contributed by atoms with van der Waals surface area (Å²) in [5, 5.41) is 9.94. The van der Waals surface area contributed by atoms with Gasteiger partial charge in [-0.1, -0.05) is 24.3 Å². The molecule has 4 aliphatic rings. The molecule has 0 bridgehead atoms. The van der Waals surface area contributed by atoms with Gasteiger partial charge in [0, 0.05) is 31.6 Å². The first kappa shape index (κ1) is 29.9. The van der Waals surface area contributed by atoms with E-state index in [0.717, 1.165) is 5.56 Å². The predicted octanol–water partition coefficient (Wildman–Crippen LogP) is 3.69. The highest BCUT2D eigenvalue weighted by molar-refractivity contribution is 7.11. The summed E-state index contributed by atoms with van der Waals surface area (Å²) in [6.45, 7) is 1.37. The van der Waals surface area contributed by atoms with Crippen molar-refractivity contribution in [2.45, 2.75) is 50.3 Å². The van der Waals surface area contributed by atoms with Gasteiger partial charge in [-0.15, -0.1) is 11.3 Å². The van der Waals surface area contributed by atoms with Gasteiger partial charge < -0.3 is 24.5 Å². The number of urea groups is 1. The molecule has 7 rings (SSSR count). The van der Waals surface area contributed by atoms with Crippen molar-refractivity contribution in [2.75, 3.05) is 32.7 Å². The van der Waals surface area contributed by atoms with E-state index in [1.54, 1.807) is 45.8 Å². The number of nitrogens with zero attached hydrogens (tertiary/aromatic N) is 5. The zero-order chi connectivity index (χ0) is 31.9. The van der Waals surface area contributed by atoms with Crippen molar-refractivity contribution in [2.24, 2.45) is 0 Å². The maximum Gasteiger partial charge on any atom is 0.326 e. The molecule has 2 aromatic carbocycles. The molecular formula is C33H33N5O7S. The number of rotatable bonds is 6.